The van der Waals surface area contributed by atoms with E-state index in [1.807, 2.05) is 44.2 Å². The normalized spacial score (nSPS) is 12.0. The lowest BCUT2D eigenvalue weighted by molar-refractivity contribution is 0.0943. The van der Waals surface area contributed by atoms with Crippen molar-refractivity contribution in [3.05, 3.63) is 42.5 Å². The van der Waals surface area contributed by atoms with Crippen molar-refractivity contribution in [3.63, 3.8) is 0 Å². The Balaban J connectivity index is 2.66. The summed E-state index contributed by atoms with van der Waals surface area (Å²) < 4.78 is 0. The molecule has 3 heteroatoms. The van der Waals surface area contributed by atoms with E-state index >= 15 is 0 Å². The van der Waals surface area contributed by atoms with Crippen LogP contribution in [0, 0.1) is 0 Å². The summed E-state index contributed by atoms with van der Waals surface area (Å²) in [6, 6.07) is 8.12. The zero-order valence-electron chi connectivity index (χ0n) is 12.1. The summed E-state index contributed by atoms with van der Waals surface area (Å²) >= 11 is 0. The number of carbonyl (C=O) groups is 1. The van der Waals surface area contributed by atoms with Crippen LogP contribution in [0.5, 0.6) is 0 Å². The number of nitrogens with one attached hydrogen (secondary N) is 2. The first-order valence-corrected chi connectivity index (χ1v) is 6.81. The number of benzene rings is 1. The largest absolute Gasteiger partial charge is 0.383 e. The summed E-state index contributed by atoms with van der Waals surface area (Å²) in [4.78, 5) is 11.9. The van der Waals surface area contributed by atoms with Gasteiger partial charge in [0.25, 0.3) is 5.91 Å². The van der Waals surface area contributed by atoms with Gasteiger partial charge in [-0.25, -0.2) is 0 Å². The standard InChI is InChI=1S/C16H24N2O/c1-5-6-8-13(4)18-15-10-7-9-14(11-15)16(19)17-12(2)3/h5,7,9-13,18H,1,6,8H2,2-4H3,(H,17,19). The van der Waals surface area contributed by atoms with Crippen LogP contribution < -0.4 is 10.6 Å². The summed E-state index contributed by atoms with van der Waals surface area (Å²) in [5.41, 5.74) is 1.67. The molecule has 0 spiro atoms. The van der Waals surface area contributed by atoms with Crippen LogP contribution in [0.2, 0.25) is 0 Å². The summed E-state index contributed by atoms with van der Waals surface area (Å²) in [5, 5.41) is 6.29. The summed E-state index contributed by atoms with van der Waals surface area (Å²) in [7, 11) is 0. The van der Waals surface area contributed by atoms with Gasteiger partial charge in [-0.3, -0.25) is 4.79 Å². The third kappa shape index (κ3) is 5.60. The van der Waals surface area contributed by atoms with Crippen LogP contribution in [0.15, 0.2) is 36.9 Å². The van der Waals surface area contributed by atoms with E-state index in [9.17, 15) is 4.79 Å². The lowest BCUT2D eigenvalue weighted by Gasteiger charge is -2.15. The zero-order valence-corrected chi connectivity index (χ0v) is 12.1. The quantitative estimate of drug-likeness (QED) is 0.736. The molecule has 1 unspecified atom stereocenters. The maximum atomic E-state index is 11.9. The molecule has 1 atom stereocenters. The second-order valence-corrected chi connectivity index (χ2v) is 5.12. The molecule has 19 heavy (non-hydrogen) atoms. The van der Waals surface area contributed by atoms with Gasteiger partial charge in [-0.2, -0.15) is 0 Å². The Morgan fingerprint density at radius 1 is 1.37 bits per heavy atom. The molecule has 0 saturated heterocycles. The highest BCUT2D eigenvalue weighted by molar-refractivity contribution is 5.95. The number of anilines is 1. The molecule has 1 amide bonds. The lowest BCUT2D eigenvalue weighted by Crippen LogP contribution is -2.30. The molecule has 1 aromatic rings. The topological polar surface area (TPSA) is 41.1 Å². The zero-order chi connectivity index (χ0) is 14.3. The van der Waals surface area contributed by atoms with E-state index in [4.69, 9.17) is 0 Å². The average Bonchev–Trinajstić information content (AvgIpc) is 2.36. The van der Waals surface area contributed by atoms with Crippen LogP contribution in [-0.2, 0) is 0 Å². The minimum absolute atomic E-state index is 0.0302. The van der Waals surface area contributed by atoms with Crippen molar-refractivity contribution in [2.24, 2.45) is 0 Å². The Morgan fingerprint density at radius 2 is 2.11 bits per heavy atom. The van der Waals surface area contributed by atoms with Crippen LogP contribution >= 0.6 is 0 Å². The van der Waals surface area contributed by atoms with Crippen LogP contribution in [0.25, 0.3) is 0 Å². The number of hydrogen-bond donors (Lipinski definition) is 2. The van der Waals surface area contributed by atoms with Crippen LogP contribution in [0.3, 0.4) is 0 Å². The number of allylic oxidation sites excluding steroid dienone is 1. The van der Waals surface area contributed by atoms with Gasteiger partial charge in [-0.15, -0.1) is 6.58 Å². The molecule has 2 N–H and O–H groups in total. The molecule has 0 radical (unpaired) electrons. The molecule has 0 heterocycles. The molecule has 104 valence electrons. The third-order valence-corrected chi connectivity index (χ3v) is 2.76. The van der Waals surface area contributed by atoms with Crippen molar-refractivity contribution in [2.75, 3.05) is 5.32 Å². The van der Waals surface area contributed by atoms with E-state index < -0.39 is 0 Å². The molecule has 0 aliphatic carbocycles. The molecular weight excluding hydrogens is 236 g/mol. The van der Waals surface area contributed by atoms with Gasteiger partial charge in [0.1, 0.15) is 0 Å². The van der Waals surface area contributed by atoms with Gasteiger partial charge in [0.15, 0.2) is 0 Å². The van der Waals surface area contributed by atoms with Crippen LogP contribution in [0.1, 0.15) is 44.0 Å². The minimum atomic E-state index is -0.0302. The van der Waals surface area contributed by atoms with Crippen molar-refractivity contribution in [1.82, 2.24) is 5.32 Å². The van der Waals surface area contributed by atoms with E-state index in [0.717, 1.165) is 18.5 Å². The maximum absolute atomic E-state index is 11.9. The van der Waals surface area contributed by atoms with E-state index in [1.165, 1.54) is 0 Å². The van der Waals surface area contributed by atoms with Crippen LogP contribution in [-0.4, -0.2) is 18.0 Å². The van der Waals surface area contributed by atoms with Crippen molar-refractivity contribution < 1.29 is 4.79 Å². The Morgan fingerprint density at radius 3 is 2.74 bits per heavy atom. The Kier molecular flexibility index (Phi) is 6.13. The SMILES string of the molecule is C=CCCC(C)Nc1cccc(C(=O)NC(C)C)c1. The highest BCUT2D eigenvalue weighted by atomic mass is 16.1. The average molecular weight is 260 g/mol. The molecule has 0 bridgehead atoms. The molecule has 1 aromatic carbocycles. The van der Waals surface area contributed by atoms with Gasteiger partial charge < -0.3 is 10.6 Å². The minimum Gasteiger partial charge on any atom is -0.383 e. The highest BCUT2D eigenvalue weighted by Crippen LogP contribution is 2.13. The molecule has 0 fully saturated rings. The van der Waals surface area contributed by atoms with Crippen molar-refractivity contribution in [3.8, 4) is 0 Å². The monoisotopic (exact) mass is 260 g/mol. The molecule has 0 aromatic heterocycles. The Hall–Kier alpha value is -1.77. The first kappa shape index (κ1) is 15.3. The number of hydrogen-bond acceptors (Lipinski definition) is 2. The number of carbonyl (C=O) groups excluding carboxylic acids is 1. The molecule has 0 aliphatic heterocycles. The molecule has 3 nitrogen and oxygen atoms in total. The van der Waals surface area contributed by atoms with E-state index in [1.54, 1.807) is 0 Å². The van der Waals surface area contributed by atoms with Crippen molar-refractivity contribution >= 4 is 11.6 Å². The van der Waals surface area contributed by atoms with Gasteiger partial charge >= 0.3 is 0 Å². The fraction of sp³-hybridized carbons (Fsp3) is 0.438. The van der Waals surface area contributed by atoms with Gasteiger partial charge in [-0.1, -0.05) is 12.1 Å². The summed E-state index contributed by atoms with van der Waals surface area (Å²) in [5.74, 6) is -0.0302. The molecule has 1 rings (SSSR count). The predicted octanol–water partition coefficient (Wildman–Crippen LogP) is 3.59. The Labute approximate surface area is 116 Å². The fourth-order valence-electron chi connectivity index (χ4n) is 1.82. The van der Waals surface area contributed by atoms with E-state index in [-0.39, 0.29) is 11.9 Å². The van der Waals surface area contributed by atoms with E-state index in [2.05, 4.69) is 24.1 Å². The van der Waals surface area contributed by atoms with Gasteiger partial charge in [0.05, 0.1) is 0 Å². The first-order chi connectivity index (χ1) is 9.02. The van der Waals surface area contributed by atoms with Crippen molar-refractivity contribution in [1.29, 1.82) is 0 Å². The highest BCUT2D eigenvalue weighted by Gasteiger charge is 2.08. The van der Waals surface area contributed by atoms with Gasteiger partial charge in [-0.05, 0) is 51.8 Å². The van der Waals surface area contributed by atoms with Gasteiger partial charge in [0.2, 0.25) is 0 Å². The van der Waals surface area contributed by atoms with Gasteiger partial charge in [0, 0.05) is 23.3 Å². The molecule has 0 saturated carbocycles. The third-order valence-electron chi connectivity index (χ3n) is 2.76. The van der Waals surface area contributed by atoms with Crippen LogP contribution in [0.4, 0.5) is 5.69 Å². The van der Waals surface area contributed by atoms with Crippen molar-refractivity contribution in [2.45, 2.75) is 45.7 Å². The molecular formula is C16H24N2O. The molecule has 0 aliphatic rings. The summed E-state index contributed by atoms with van der Waals surface area (Å²) in [6.07, 6.45) is 3.94. The number of amides is 1. The lowest BCUT2D eigenvalue weighted by atomic mass is 10.1. The summed E-state index contributed by atoms with van der Waals surface area (Å²) in [6.45, 7) is 9.76. The predicted molar refractivity (Wildman–Crippen MR) is 81.6 cm³/mol. The Bertz CT molecular complexity index is 427. The maximum Gasteiger partial charge on any atom is 0.251 e. The van der Waals surface area contributed by atoms with E-state index in [0.29, 0.717) is 11.6 Å². The second-order valence-electron chi connectivity index (χ2n) is 5.12. The second kappa shape index (κ2) is 7.62. The number of rotatable bonds is 7. The first-order valence-electron chi connectivity index (χ1n) is 6.81. The fourth-order valence-corrected chi connectivity index (χ4v) is 1.82. The smallest absolute Gasteiger partial charge is 0.251 e.